The average Bonchev–Trinajstić information content (AvgIpc) is 2.53. The van der Waals surface area contributed by atoms with Crippen molar-refractivity contribution in [3.63, 3.8) is 0 Å². The Balaban J connectivity index is 2.77. The Hall–Kier alpha value is -2.30. The Morgan fingerprint density at radius 1 is 1.38 bits per heavy atom. The molecular weight excluding hydrogens is 307 g/mol. The fraction of sp³-hybridized carbons (Fsp3) is 0.412. The number of nitrogens with one attached hydrogen (secondary N) is 1. The van der Waals surface area contributed by atoms with Gasteiger partial charge in [-0.2, -0.15) is 0 Å². The van der Waals surface area contributed by atoms with Gasteiger partial charge in [-0.1, -0.05) is 23.8 Å². The Kier molecular flexibility index (Phi) is 7.50. The monoisotopic (exact) mass is 330 g/mol. The van der Waals surface area contributed by atoms with Gasteiger partial charge in [-0.15, -0.1) is 6.42 Å². The predicted molar refractivity (Wildman–Crippen MR) is 92.8 cm³/mol. The van der Waals surface area contributed by atoms with Crippen molar-refractivity contribution in [2.75, 3.05) is 13.1 Å². The van der Waals surface area contributed by atoms with Gasteiger partial charge in [0.15, 0.2) is 0 Å². The van der Waals surface area contributed by atoms with Crippen LogP contribution in [0.15, 0.2) is 18.2 Å². The van der Waals surface area contributed by atoms with Crippen LogP contribution in [0.3, 0.4) is 0 Å². The number of carbonyl (C=O) groups excluding carboxylic acids is 2. The maximum atomic E-state index is 12.1. The highest BCUT2D eigenvalue weighted by molar-refractivity contribution is 6.43. The summed E-state index contributed by atoms with van der Waals surface area (Å²) in [5.41, 5.74) is 3.02. The van der Waals surface area contributed by atoms with E-state index in [1.165, 1.54) is 4.90 Å². The molecule has 2 amide bonds. The molecule has 3 N–H and O–H groups in total. The van der Waals surface area contributed by atoms with Gasteiger partial charge < -0.3 is 20.3 Å². The van der Waals surface area contributed by atoms with Gasteiger partial charge in [0, 0.05) is 6.54 Å². The summed E-state index contributed by atoms with van der Waals surface area (Å²) >= 11 is 0. The number of aryl methyl sites for hydroxylation is 2. The summed E-state index contributed by atoms with van der Waals surface area (Å²) in [6, 6.07) is 5.81. The molecule has 0 unspecified atom stereocenters. The largest absolute Gasteiger partial charge is 0.475 e. The molecule has 1 aromatic carbocycles. The van der Waals surface area contributed by atoms with Gasteiger partial charge >= 0.3 is 7.12 Å². The van der Waals surface area contributed by atoms with Crippen LogP contribution in [-0.2, 0) is 16.0 Å². The van der Waals surface area contributed by atoms with Gasteiger partial charge in [0.25, 0.3) is 5.91 Å². The molecular formula is C17H23BN2O4. The molecule has 1 aromatic rings. The van der Waals surface area contributed by atoms with Crippen LogP contribution in [-0.4, -0.2) is 52.9 Å². The number of nitrogens with zero attached hydrogens (tertiary/aromatic N) is 1. The van der Waals surface area contributed by atoms with Crippen molar-refractivity contribution in [3.8, 4) is 12.3 Å². The Morgan fingerprint density at radius 3 is 2.54 bits per heavy atom. The third-order valence-corrected chi connectivity index (χ3v) is 3.77. The van der Waals surface area contributed by atoms with Crippen LogP contribution in [0.4, 0.5) is 0 Å². The van der Waals surface area contributed by atoms with Gasteiger partial charge in [-0.3, -0.25) is 9.59 Å². The minimum absolute atomic E-state index is 0.227. The van der Waals surface area contributed by atoms with Crippen LogP contribution in [0.25, 0.3) is 0 Å². The maximum Gasteiger partial charge on any atom is 0.475 e. The predicted octanol–water partition coefficient (Wildman–Crippen LogP) is -0.176. The van der Waals surface area contributed by atoms with Gasteiger partial charge in [0.2, 0.25) is 5.91 Å². The Morgan fingerprint density at radius 2 is 2.04 bits per heavy atom. The summed E-state index contributed by atoms with van der Waals surface area (Å²) in [7, 11) is -1.71. The molecule has 1 rings (SSSR count). The van der Waals surface area contributed by atoms with E-state index < -0.39 is 24.9 Å². The highest BCUT2D eigenvalue weighted by Crippen LogP contribution is 2.13. The van der Waals surface area contributed by atoms with Crippen molar-refractivity contribution in [2.24, 2.45) is 0 Å². The molecule has 6 nitrogen and oxygen atoms in total. The van der Waals surface area contributed by atoms with E-state index in [1.54, 1.807) is 6.92 Å². The highest BCUT2D eigenvalue weighted by atomic mass is 16.4. The summed E-state index contributed by atoms with van der Waals surface area (Å²) in [4.78, 5) is 24.8. The smallest absolute Gasteiger partial charge is 0.426 e. The fourth-order valence-electron chi connectivity index (χ4n) is 2.39. The van der Waals surface area contributed by atoms with Crippen molar-refractivity contribution >= 4 is 18.9 Å². The van der Waals surface area contributed by atoms with Crippen LogP contribution in [0, 0.1) is 26.2 Å². The number of rotatable bonds is 7. The molecule has 0 fully saturated rings. The first-order valence-electron chi connectivity index (χ1n) is 7.75. The minimum atomic E-state index is -1.71. The molecule has 0 saturated heterocycles. The number of terminal acetylenes is 1. The number of hydrogen-bond donors (Lipinski definition) is 3. The molecule has 0 aliphatic heterocycles. The zero-order chi connectivity index (χ0) is 18.3. The lowest BCUT2D eigenvalue weighted by atomic mass is 9.75. The third kappa shape index (κ3) is 5.72. The molecule has 24 heavy (non-hydrogen) atoms. The molecule has 0 aromatic heterocycles. The van der Waals surface area contributed by atoms with E-state index in [2.05, 4.69) is 5.32 Å². The second-order valence-corrected chi connectivity index (χ2v) is 5.69. The number of amides is 2. The Bertz CT molecular complexity index is 640. The van der Waals surface area contributed by atoms with Crippen molar-refractivity contribution in [1.82, 2.24) is 10.2 Å². The van der Waals surface area contributed by atoms with Gasteiger partial charge in [-0.25, -0.2) is 0 Å². The van der Waals surface area contributed by atoms with E-state index >= 15 is 0 Å². The maximum absolute atomic E-state index is 12.1. The molecule has 0 heterocycles. The lowest BCUT2D eigenvalue weighted by Crippen LogP contribution is -2.51. The zero-order valence-electron chi connectivity index (χ0n) is 14.2. The quantitative estimate of drug-likeness (QED) is 0.478. The molecule has 0 aliphatic carbocycles. The van der Waals surface area contributed by atoms with E-state index in [0.717, 1.165) is 16.7 Å². The van der Waals surface area contributed by atoms with Gasteiger partial charge in [-0.05, 0) is 44.2 Å². The van der Waals surface area contributed by atoms with Crippen LogP contribution in [0.2, 0.25) is 0 Å². The van der Waals surface area contributed by atoms with Crippen LogP contribution < -0.4 is 5.32 Å². The molecule has 0 saturated carbocycles. The zero-order valence-corrected chi connectivity index (χ0v) is 14.2. The van der Waals surface area contributed by atoms with E-state index in [-0.39, 0.29) is 13.0 Å². The molecule has 128 valence electrons. The molecule has 0 radical (unpaired) electrons. The second kappa shape index (κ2) is 9.11. The Labute approximate surface area is 143 Å². The molecule has 1 atom stereocenters. The number of carbonyl (C=O) groups is 2. The van der Waals surface area contributed by atoms with E-state index in [1.807, 2.05) is 38.0 Å². The third-order valence-electron chi connectivity index (χ3n) is 3.77. The molecule has 0 bridgehead atoms. The topological polar surface area (TPSA) is 89.9 Å². The van der Waals surface area contributed by atoms with Crippen molar-refractivity contribution in [1.29, 1.82) is 0 Å². The standard InChI is InChI=1S/C17H23BN2O4/c1-5-17(22)20(6-2)11-16(21)19-15(18(23)24)10-14-8-7-12(3)9-13(14)4/h1,7-9,15,23-24H,6,10-11H2,2-4H3,(H,19,21)/t15-/m0/s1. The highest BCUT2D eigenvalue weighted by Gasteiger charge is 2.27. The van der Waals surface area contributed by atoms with Crippen LogP contribution in [0.1, 0.15) is 23.6 Å². The number of hydrogen-bond acceptors (Lipinski definition) is 4. The van der Waals surface area contributed by atoms with E-state index in [0.29, 0.717) is 6.54 Å². The first-order chi connectivity index (χ1) is 11.3. The summed E-state index contributed by atoms with van der Waals surface area (Å²) in [5, 5.41) is 21.6. The van der Waals surface area contributed by atoms with Gasteiger partial charge in [0.1, 0.15) is 6.54 Å². The lowest BCUT2D eigenvalue weighted by Gasteiger charge is -2.22. The summed E-state index contributed by atoms with van der Waals surface area (Å²) in [5.74, 6) is 0.00452. The second-order valence-electron chi connectivity index (χ2n) is 5.69. The van der Waals surface area contributed by atoms with Crippen molar-refractivity contribution < 1.29 is 19.6 Å². The number of likely N-dealkylation sites (N-methyl/N-ethyl adjacent to an activating group) is 1. The summed E-state index contributed by atoms with van der Waals surface area (Å²) in [6.07, 6.45) is 5.32. The molecule has 0 aliphatic rings. The van der Waals surface area contributed by atoms with Crippen molar-refractivity contribution in [3.05, 3.63) is 34.9 Å². The SMILES string of the molecule is C#CC(=O)N(CC)CC(=O)N[C@@H](Cc1ccc(C)cc1C)B(O)O. The number of benzene rings is 1. The first-order valence-corrected chi connectivity index (χ1v) is 7.75. The fourth-order valence-corrected chi connectivity index (χ4v) is 2.39. The lowest BCUT2D eigenvalue weighted by molar-refractivity contribution is -0.131. The van der Waals surface area contributed by atoms with Gasteiger partial charge in [0.05, 0.1) is 5.94 Å². The summed E-state index contributed by atoms with van der Waals surface area (Å²) in [6.45, 7) is 5.67. The van der Waals surface area contributed by atoms with E-state index in [4.69, 9.17) is 6.42 Å². The average molecular weight is 330 g/mol. The minimum Gasteiger partial charge on any atom is -0.426 e. The molecule has 7 heteroatoms. The first kappa shape index (κ1) is 19.8. The molecule has 0 spiro atoms. The normalized spacial score (nSPS) is 11.3. The van der Waals surface area contributed by atoms with Crippen LogP contribution >= 0.6 is 0 Å². The van der Waals surface area contributed by atoms with Crippen LogP contribution in [0.5, 0.6) is 0 Å². The van der Waals surface area contributed by atoms with Crippen molar-refractivity contribution in [2.45, 2.75) is 33.1 Å². The van der Waals surface area contributed by atoms with E-state index in [9.17, 15) is 19.6 Å². The summed E-state index contributed by atoms with van der Waals surface area (Å²) < 4.78 is 0.